The molecule has 1 atom stereocenters. The third-order valence-corrected chi connectivity index (χ3v) is 6.55. The van der Waals surface area contributed by atoms with Crippen LogP contribution in [0.3, 0.4) is 0 Å². The molecule has 2 fully saturated rings. The van der Waals surface area contributed by atoms with Crippen molar-refractivity contribution in [2.75, 3.05) is 24.5 Å². The maximum atomic E-state index is 13.2. The predicted molar refractivity (Wildman–Crippen MR) is 111 cm³/mol. The summed E-state index contributed by atoms with van der Waals surface area (Å²) < 4.78 is 1.68. The third kappa shape index (κ3) is 3.63. The predicted octanol–water partition coefficient (Wildman–Crippen LogP) is 3.05. The fourth-order valence-electron chi connectivity index (χ4n) is 4.79. The van der Waals surface area contributed by atoms with E-state index < -0.39 is 0 Å². The zero-order valence-electron chi connectivity index (χ0n) is 17.5. The van der Waals surface area contributed by atoms with Gasteiger partial charge in [0.1, 0.15) is 5.82 Å². The molecule has 1 saturated heterocycles. The topological polar surface area (TPSA) is 67.2 Å². The molecule has 1 saturated carbocycles. The number of anilines is 1. The minimum absolute atomic E-state index is 0.0385. The summed E-state index contributed by atoms with van der Waals surface area (Å²) in [6.07, 6.45) is 11.4. The van der Waals surface area contributed by atoms with Crippen LogP contribution < -0.4 is 4.90 Å². The lowest BCUT2D eigenvalue weighted by Crippen LogP contribution is -2.40. The van der Waals surface area contributed by atoms with Gasteiger partial charge < -0.3 is 9.80 Å². The number of hydrogen-bond acceptors (Lipinski definition) is 5. The highest BCUT2D eigenvalue weighted by atomic mass is 16.2. The van der Waals surface area contributed by atoms with E-state index in [4.69, 9.17) is 9.97 Å². The molecule has 0 spiro atoms. The van der Waals surface area contributed by atoms with Crippen LogP contribution in [0.15, 0.2) is 12.4 Å². The van der Waals surface area contributed by atoms with Crippen LogP contribution in [0.2, 0.25) is 0 Å². The summed E-state index contributed by atoms with van der Waals surface area (Å²) in [4.78, 5) is 27.7. The largest absolute Gasteiger partial charge is 0.356 e. The van der Waals surface area contributed by atoms with Gasteiger partial charge in [-0.2, -0.15) is 5.10 Å². The molecule has 0 bridgehead atoms. The molecule has 1 amide bonds. The number of likely N-dealkylation sites (tertiary alicyclic amines) is 1. The number of aryl methyl sites for hydroxylation is 2. The van der Waals surface area contributed by atoms with Crippen LogP contribution in [-0.4, -0.2) is 50.2 Å². The zero-order chi connectivity index (χ0) is 20.0. The number of piperidine rings is 1. The molecular weight excluding hydrogens is 364 g/mol. The maximum Gasteiger partial charge on any atom is 0.257 e. The Morgan fingerprint density at radius 3 is 2.76 bits per heavy atom. The van der Waals surface area contributed by atoms with E-state index in [0.717, 1.165) is 68.6 Å². The Labute approximate surface area is 172 Å². The lowest BCUT2D eigenvalue weighted by molar-refractivity contribution is 0.0599. The van der Waals surface area contributed by atoms with E-state index in [1.54, 1.807) is 17.1 Å². The molecule has 0 N–H and O–H groups in total. The quantitative estimate of drug-likeness (QED) is 0.797. The lowest BCUT2D eigenvalue weighted by atomic mass is 9.99. The monoisotopic (exact) mass is 394 g/mol. The van der Waals surface area contributed by atoms with Crippen LogP contribution in [0.4, 0.5) is 5.82 Å². The standard InChI is InChI=1S/C22H30N6O/c1-15-18-6-5-10-27(13-16-8-9-16)21(18)25-20(24-15)19-7-3-4-11-28(19)22(29)17-12-23-26(2)14-17/h12,14,16,19H,3-11,13H2,1-2H3/t19-/m1/s1. The fourth-order valence-corrected chi connectivity index (χ4v) is 4.79. The minimum atomic E-state index is -0.0508. The molecule has 154 valence electrons. The van der Waals surface area contributed by atoms with Crippen LogP contribution in [0, 0.1) is 12.8 Å². The summed E-state index contributed by atoms with van der Waals surface area (Å²) in [7, 11) is 1.84. The second-order valence-electron chi connectivity index (χ2n) is 8.88. The van der Waals surface area contributed by atoms with Crippen LogP contribution >= 0.6 is 0 Å². The molecule has 7 nitrogen and oxygen atoms in total. The first-order valence-corrected chi connectivity index (χ1v) is 11.0. The molecular formula is C22H30N6O. The number of amides is 1. The van der Waals surface area contributed by atoms with Gasteiger partial charge in [-0.05, 0) is 57.8 Å². The van der Waals surface area contributed by atoms with Gasteiger partial charge in [0, 0.05) is 44.1 Å². The first kappa shape index (κ1) is 18.6. The van der Waals surface area contributed by atoms with E-state index in [1.807, 2.05) is 11.9 Å². The zero-order valence-corrected chi connectivity index (χ0v) is 17.5. The average Bonchev–Trinajstić information content (AvgIpc) is 3.45. The second-order valence-corrected chi connectivity index (χ2v) is 8.88. The van der Waals surface area contributed by atoms with E-state index in [0.29, 0.717) is 5.56 Å². The van der Waals surface area contributed by atoms with Crippen LogP contribution in [0.1, 0.15) is 72.0 Å². The summed E-state index contributed by atoms with van der Waals surface area (Å²) >= 11 is 0. The molecule has 0 unspecified atom stereocenters. The smallest absolute Gasteiger partial charge is 0.257 e. The molecule has 29 heavy (non-hydrogen) atoms. The number of nitrogens with zero attached hydrogens (tertiary/aromatic N) is 6. The van der Waals surface area contributed by atoms with E-state index in [2.05, 4.69) is 16.9 Å². The van der Waals surface area contributed by atoms with Crippen LogP contribution in [-0.2, 0) is 13.5 Å². The lowest BCUT2D eigenvalue weighted by Gasteiger charge is -2.36. The van der Waals surface area contributed by atoms with E-state index >= 15 is 0 Å². The van der Waals surface area contributed by atoms with Crippen molar-refractivity contribution < 1.29 is 4.79 Å². The maximum absolute atomic E-state index is 13.2. The van der Waals surface area contributed by atoms with Crippen molar-refractivity contribution in [3.63, 3.8) is 0 Å². The van der Waals surface area contributed by atoms with Gasteiger partial charge in [-0.15, -0.1) is 0 Å². The van der Waals surface area contributed by atoms with Crippen molar-refractivity contribution in [1.82, 2.24) is 24.6 Å². The highest BCUT2D eigenvalue weighted by molar-refractivity contribution is 5.94. The van der Waals surface area contributed by atoms with Gasteiger partial charge in [0.25, 0.3) is 5.91 Å². The van der Waals surface area contributed by atoms with Gasteiger partial charge in [-0.25, -0.2) is 9.97 Å². The number of fused-ring (bicyclic) bond motifs is 1. The van der Waals surface area contributed by atoms with Crippen molar-refractivity contribution >= 4 is 11.7 Å². The molecule has 4 heterocycles. The fraction of sp³-hybridized carbons (Fsp3) is 0.636. The Morgan fingerprint density at radius 1 is 1.14 bits per heavy atom. The summed E-state index contributed by atoms with van der Waals surface area (Å²) in [6.45, 7) is 5.07. The van der Waals surface area contributed by atoms with Crippen LogP contribution in [0.5, 0.6) is 0 Å². The first-order chi connectivity index (χ1) is 14.1. The highest BCUT2D eigenvalue weighted by Crippen LogP contribution is 2.37. The van der Waals surface area contributed by atoms with Crippen LogP contribution in [0.25, 0.3) is 0 Å². The SMILES string of the molecule is Cc1nc([C@H]2CCCCN2C(=O)c2cnn(C)c2)nc2c1CCCN2CC1CC1. The Balaban J connectivity index is 1.48. The van der Waals surface area contributed by atoms with Crippen molar-refractivity contribution in [3.05, 3.63) is 35.0 Å². The van der Waals surface area contributed by atoms with Gasteiger partial charge in [0.15, 0.2) is 5.82 Å². The molecule has 1 aliphatic carbocycles. The molecule has 0 radical (unpaired) electrons. The van der Waals surface area contributed by atoms with Crippen molar-refractivity contribution in [3.8, 4) is 0 Å². The summed E-state index contributed by atoms with van der Waals surface area (Å²) in [5, 5.41) is 4.18. The summed E-state index contributed by atoms with van der Waals surface area (Å²) in [5.74, 6) is 2.82. The van der Waals surface area contributed by atoms with E-state index in [1.165, 1.54) is 24.8 Å². The van der Waals surface area contributed by atoms with Crippen molar-refractivity contribution in [1.29, 1.82) is 0 Å². The number of rotatable bonds is 4. The van der Waals surface area contributed by atoms with Gasteiger partial charge >= 0.3 is 0 Å². The third-order valence-electron chi connectivity index (χ3n) is 6.55. The Morgan fingerprint density at radius 2 is 2.00 bits per heavy atom. The van der Waals surface area contributed by atoms with E-state index in [-0.39, 0.29) is 11.9 Å². The van der Waals surface area contributed by atoms with Crippen molar-refractivity contribution in [2.24, 2.45) is 13.0 Å². The number of aromatic nitrogens is 4. The molecule has 2 aromatic heterocycles. The molecule has 2 aromatic rings. The van der Waals surface area contributed by atoms with Gasteiger partial charge in [0.2, 0.25) is 0 Å². The molecule has 3 aliphatic rings. The highest BCUT2D eigenvalue weighted by Gasteiger charge is 2.34. The molecule has 0 aromatic carbocycles. The number of carbonyl (C=O) groups is 1. The Kier molecular flexibility index (Phi) is 4.76. The first-order valence-electron chi connectivity index (χ1n) is 11.0. The second kappa shape index (κ2) is 7.43. The van der Waals surface area contributed by atoms with Gasteiger partial charge in [-0.3, -0.25) is 9.48 Å². The average molecular weight is 395 g/mol. The Hall–Kier alpha value is -2.44. The van der Waals surface area contributed by atoms with Gasteiger partial charge in [0.05, 0.1) is 17.8 Å². The molecule has 2 aliphatic heterocycles. The molecule has 5 rings (SSSR count). The van der Waals surface area contributed by atoms with Crippen molar-refractivity contribution in [2.45, 2.75) is 57.9 Å². The summed E-state index contributed by atoms with van der Waals surface area (Å²) in [5.41, 5.74) is 3.04. The Bertz CT molecular complexity index is 918. The number of carbonyl (C=O) groups excluding carboxylic acids is 1. The number of hydrogen-bond donors (Lipinski definition) is 0. The van der Waals surface area contributed by atoms with Gasteiger partial charge in [-0.1, -0.05) is 0 Å². The summed E-state index contributed by atoms with van der Waals surface area (Å²) in [6, 6.07) is -0.0508. The molecule has 7 heteroatoms. The minimum Gasteiger partial charge on any atom is -0.356 e. The van der Waals surface area contributed by atoms with E-state index in [9.17, 15) is 4.79 Å². The normalized spacial score (nSPS) is 21.9.